The Hall–Kier alpha value is -1.66. The Morgan fingerprint density at radius 3 is 2.90 bits per heavy atom. The van der Waals surface area contributed by atoms with Crippen LogP contribution in [0, 0.1) is 5.82 Å². The molecule has 0 aliphatic carbocycles. The molecule has 3 nitrogen and oxygen atoms in total. The first kappa shape index (κ1) is 13.3. The van der Waals surface area contributed by atoms with E-state index in [0.717, 1.165) is 20.4 Å². The molecule has 20 heavy (non-hydrogen) atoms. The SMILES string of the molecule is COc1ccc2nc(Nc3cc(F)ccc3Br)sc2c1. The maximum atomic E-state index is 13.3. The third-order valence-corrected chi connectivity index (χ3v) is 4.39. The molecule has 0 radical (unpaired) electrons. The summed E-state index contributed by atoms with van der Waals surface area (Å²) in [5.41, 5.74) is 1.53. The fourth-order valence-corrected chi connectivity index (χ4v) is 3.05. The highest BCUT2D eigenvalue weighted by Crippen LogP contribution is 2.33. The molecule has 0 saturated carbocycles. The van der Waals surface area contributed by atoms with E-state index >= 15 is 0 Å². The number of fused-ring (bicyclic) bond motifs is 1. The molecule has 0 bridgehead atoms. The summed E-state index contributed by atoms with van der Waals surface area (Å²) in [5.74, 6) is 0.498. The standard InChI is InChI=1S/C14H10BrFN2OS/c1-19-9-3-5-11-13(7-9)20-14(17-11)18-12-6-8(16)2-4-10(12)15/h2-7H,1H3,(H,17,18). The van der Waals surface area contributed by atoms with Crippen molar-refractivity contribution in [1.82, 2.24) is 4.98 Å². The van der Waals surface area contributed by atoms with Crippen LogP contribution in [0.15, 0.2) is 40.9 Å². The predicted octanol–water partition coefficient (Wildman–Crippen LogP) is 4.95. The molecule has 1 N–H and O–H groups in total. The quantitative estimate of drug-likeness (QED) is 0.723. The molecule has 3 rings (SSSR count). The minimum atomic E-state index is -0.293. The average Bonchev–Trinajstić information content (AvgIpc) is 2.84. The highest BCUT2D eigenvalue weighted by atomic mass is 79.9. The molecule has 0 spiro atoms. The Bertz CT molecular complexity index is 775. The Balaban J connectivity index is 1.96. The number of rotatable bonds is 3. The number of methoxy groups -OCH3 is 1. The Morgan fingerprint density at radius 1 is 1.25 bits per heavy atom. The Morgan fingerprint density at radius 2 is 2.10 bits per heavy atom. The van der Waals surface area contributed by atoms with Crippen molar-refractivity contribution in [3.63, 3.8) is 0 Å². The predicted molar refractivity (Wildman–Crippen MR) is 83.6 cm³/mol. The number of anilines is 2. The highest BCUT2D eigenvalue weighted by Gasteiger charge is 2.08. The Labute approximate surface area is 127 Å². The van der Waals surface area contributed by atoms with Crippen molar-refractivity contribution in [3.8, 4) is 5.75 Å². The normalized spacial score (nSPS) is 10.8. The summed E-state index contributed by atoms with van der Waals surface area (Å²) in [6, 6.07) is 10.2. The summed E-state index contributed by atoms with van der Waals surface area (Å²) >= 11 is 4.87. The molecule has 2 aromatic carbocycles. The third kappa shape index (κ3) is 2.62. The summed E-state index contributed by atoms with van der Waals surface area (Å²) in [5, 5.41) is 3.83. The van der Waals surface area contributed by atoms with Crippen molar-refractivity contribution in [2.75, 3.05) is 12.4 Å². The van der Waals surface area contributed by atoms with Crippen molar-refractivity contribution >= 4 is 48.3 Å². The van der Waals surface area contributed by atoms with Gasteiger partial charge in [-0.25, -0.2) is 9.37 Å². The van der Waals surface area contributed by atoms with Crippen molar-refractivity contribution in [1.29, 1.82) is 0 Å². The molecule has 0 amide bonds. The van der Waals surface area contributed by atoms with Crippen LogP contribution in [-0.2, 0) is 0 Å². The van der Waals surface area contributed by atoms with E-state index < -0.39 is 0 Å². The van der Waals surface area contributed by atoms with Gasteiger partial charge < -0.3 is 10.1 Å². The second-order valence-electron chi connectivity index (χ2n) is 4.10. The van der Waals surface area contributed by atoms with Crippen LogP contribution in [0.5, 0.6) is 5.75 Å². The molecule has 0 aliphatic rings. The van der Waals surface area contributed by atoms with Gasteiger partial charge in [-0.05, 0) is 52.3 Å². The number of halogens is 2. The van der Waals surface area contributed by atoms with Gasteiger partial charge in [0, 0.05) is 4.47 Å². The zero-order valence-electron chi connectivity index (χ0n) is 10.5. The van der Waals surface area contributed by atoms with Crippen molar-refractivity contribution in [2.45, 2.75) is 0 Å². The summed E-state index contributed by atoms with van der Waals surface area (Å²) in [6.07, 6.45) is 0. The molecule has 1 heterocycles. The van der Waals surface area contributed by atoms with Crippen LogP contribution in [0.1, 0.15) is 0 Å². The van der Waals surface area contributed by atoms with Crippen LogP contribution in [0.25, 0.3) is 10.2 Å². The van der Waals surface area contributed by atoms with E-state index in [4.69, 9.17) is 4.74 Å². The number of hydrogen-bond donors (Lipinski definition) is 1. The van der Waals surface area contributed by atoms with E-state index in [1.54, 1.807) is 13.2 Å². The van der Waals surface area contributed by atoms with Crippen LogP contribution in [0.3, 0.4) is 0 Å². The van der Waals surface area contributed by atoms with Crippen molar-refractivity contribution in [3.05, 3.63) is 46.7 Å². The number of nitrogens with zero attached hydrogens (tertiary/aromatic N) is 1. The summed E-state index contributed by atoms with van der Waals surface area (Å²) in [4.78, 5) is 4.46. The first-order valence-electron chi connectivity index (χ1n) is 5.82. The molecule has 0 fully saturated rings. The zero-order chi connectivity index (χ0) is 14.1. The van der Waals surface area contributed by atoms with Gasteiger partial charge in [-0.1, -0.05) is 11.3 Å². The van der Waals surface area contributed by atoms with Crippen LogP contribution in [0.4, 0.5) is 15.2 Å². The number of benzene rings is 2. The van der Waals surface area contributed by atoms with Crippen LogP contribution >= 0.6 is 27.3 Å². The van der Waals surface area contributed by atoms with E-state index in [1.807, 2.05) is 18.2 Å². The molecule has 0 saturated heterocycles. The van der Waals surface area contributed by atoms with Crippen LogP contribution in [-0.4, -0.2) is 12.1 Å². The fourth-order valence-electron chi connectivity index (χ4n) is 1.79. The summed E-state index contributed by atoms with van der Waals surface area (Å²) in [7, 11) is 1.63. The van der Waals surface area contributed by atoms with Crippen molar-refractivity contribution in [2.24, 2.45) is 0 Å². The maximum absolute atomic E-state index is 13.3. The van der Waals surface area contributed by atoms with Gasteiger partial charge in [0.05, 0.1) is 23.0 Å². The zero-order valence-corrected chi connectivity index (χ0v) is 12.9. The molecule has 6 heteroatoms. The minimum absolute atomic E-state index is 0.293. The average molecular weight is 353 g/mol. The molecule has 1 aromatic heterocycles. The summed E-state index contributed by atoms with van der Waals surface area (Å²) in [6.45, 7) is 0. The second-order valence-corrected chi connectivity index (χ2v) is 5.99. The maximum Gasteiger partial charge on any atom is 0.188 e. The van der Waals surface area contributed by atoms with Gasteiger partial charge in [-0.15, -0.1) is 0 Å². The molecule has 0 aliphatic heterocycles. The van der Waals surface area contributed by atoms with E-state index in [9.17, 15) is 4.39 Å². The topological polar surface area (TPSA) is 34.1 Å². The third-order valence-electron chi connectivity index (χ3n) is 2.77. The number of thiazole rings is 1. The van der Waals surface area contributed by atoms with Gasteiger partial charge in [0.2, 0.25) is 0 Å². The largest absolute Gasteiger partial charge is 0.497 e. The first-order valence-corrected chi connectivity index (χ1v) is 7.43. The molecular weight excluding hydrogens is 343 g/mol. The van der Waals surface area contributed by atoms with Crippen LogP contribution in [0.2, 0.25) is 0 Å². The van der Waals surface area contributed by atoms with E-state index in [2.05, 4.69) is 26.2 Å². The smallest absolute Gasteiger partial charge is 0.188 e. The summed E-state index contributed by atoms with van der Waals surface area (Å²) < 4.78 is 20.2. The number of hydrogen-bond acceptors (Lipinski definition) is 4. The number of nitrogens with one attached hydrogen (secondary N) is 1. The van der Waals surface area contributed by atoms with E-state index in [1.165, 1.54) is 23.5 Å². The van der Waals surface area contributed by atoms with Gasteiger partial charge in [0.1, 0.15) is 11.6 Å². The van der Waals surface area contributed by atoms with Gasteiger partial charge >= 0.3 is 0 Å². The second kappa shape index (κ2) is 5.38. The first-order chi connectivity index (χ1) is 9.65. The van der Waals surface area contributed by atoms with Gasteiger partial charge in [-0.3, -0.25) is 0 Å². The molecule has 0 unspecified atom stereocenters. The molecular formula is C14H10BrFN2OS. The van der Waals surface area contributed by atoms with Gasteiger partial charge in [-0.2, -0.15) is 0 Å². The minimum Gasteiger partial charge on any atom is -0.497 e. The van der Waals surface area contributed by atoms with E-state index in [-0.39, 0.29) is 5.82 Å². The lowest BCUT2D eigenvalue weighted by atomic mass is 10.3. The highest BCUT2D eigenvalue weighted by molar-refractivity contribution is 9.10. The lowest BCUT2D eigenvalue weighted by Gasteiger charge is -2.04. The van der Waals surface area contributed by atoms with Gasteiger partial charge in [0.15, 0.2) is 5.13 Å². The van der Waals surface area contributed by atoms with Crippen LogP contribution < -0.4 is 10.1 Å². The number of ether oxygens (including phenoxy) is 1. The number of aromatic nitrogens is 1. The van der Waals surface area contributed by atoms with Crippen molar-refractivity contribution < 1.29 is 9.13 Å². The molecule has 102 valence electrons. The Kier molecular flexibility index (Phi) is 3.58. The van der Waals surface area contributed by atoms with Gasteiger partial charge in [0.25, 0.3) is 0 Å². The molecule has 0 atom stereocenters. The lowest BCUT2D eigenvalue weighted by molar-refractivity contribution is 0.415. The fraction of sp³-hybridized carbons (Fsp3) is 0.0714. The van der Waals surface area contributed by atoms with E-state index in [0.29, 0.717) is 10.8 Å². The molecule has 3 aromatic rings. The lowest BCUT2D eigenvalue weighted by Crippen LogP contribution is -1.91. The monoisotopic (exact) mass is 352 g/mol.